The van der Waals surface area contributed by atoms with Crippen molar-refractivity contribution in [1.29, 1.82) is 0 Å². The number of hydrogen-bond donors (Lipinski definition) is 0. The largest absolute Gasteiger partial charge is 0.454 e. The minimum atomic E-state index is -5.13. The second-order valence-corrected chi connectivity index (χ2v) is 20.9. The summed E-state index contributed by atoms with van der Waals surface area (Å²) in [6.07, 6.45) is -6.06. The van der Waals surface area contributed by atoms with E-state index in [9.17, 15) is 26.4 Å². The highest BCUT2D eigenvalue weighted by Crippen LogP contribution is 2.53. The first kappa shape index (κ1) is 46.3. The fourth-order valence-electron chi connectivity index (χ4n) is 9.67. The third-order valence-electron chi connectivity index (χ3n) is 13.0. The lowest BCUT2D eigenvalue weighted by molar-refractivity contribution is -0.277. The van der Waals surface area contributed by atoms with Crippen molar-refractivity contribution in [2.75, 3.05) is 0 Å². The van der Waals surface area contributed by atoms with Crippen LogP contribution in [0, 0.1) is 13.8 Å². The molecule has 12 rings (SSSR count). The molecule has 0 spiro atoms. The van der Waals surface area contributed by atoms with E-state index in [1.807, 2.05) is 0 Å². The molecule has 10 aromatic rings. The maximum atomic E-state index is 15.1. The van der Waals surface area contributed by atoms with Gasteiger partial charge >= 0.3 is 35.7 Å². The molecule has 2 aliphatic heterocycles. The molecule has 6 heterocycles. The summed E-state index contributed by atoms with van der Waals surface area (Å²) in [5.41, 5.74) is -5.79. The number of para-hydroxylation sites is 4. The van der Waals surface area contributed by atoms with Crippen LogP contribution >= 0.6 is 0 Å². The number of rotatable bonds is 6. The van der Waals surface area contributed by atoms with Crippen molar-refractivity contribution in [3.63, 3.8) is 0 Å². The van der Waals surface area contributed by atoms with E-state index in [2.05, 4.69) is 0 Å². The number of ether oxygens (including phenoxy) is 2. The molecule has 2 atom stereocenters. The van der Waals surface area contributed by atoms with E-state index >= 15 is 26.3 Å². The quantitative estimate of drug-likeness (QED) is 0.118. The first-order valence-corrected chi connectivity index (χ1v) is 24.7. The molecular formula is C52H34F6N4O8S2. The standard InChI is InChI=1S/2C26H17F3N2O4S/c2*1-16-9-11-18(12-10-16)36(33,34)31-15-21(19-6-2-3-8-22(19)31)25(26(27,28)29)30-14-13-17-5-4-7-20(23(17)30)24(32)35-25/h2*2-15H,1H3/t2*25-/m11/s1. The molecule has 0 aliphatic carbocycles. The van der Waals surface area contributed by atoms with Gasteiger partial charge in [0, 0.05) is 46.3 Å². The molecular weight excluding hydrogens is 987 g/mol. The van der Waals surface area contributed by atoms with Gasteiger partial charge in [-0.25, -0.2) is 34.4 Å². The monoisotopic (exact) mass is 1020 g/mol. The highest BCUT2D eigenvalue weighted by Gasteiger charge is 2.66. The van der Waals surface area contributed by atoms with Crippen LogP contribution in [0.5, 0.6) is 0 Å². The summed E-state index contributed by atoms with van der Waals surface area (Å²) in [6, 6.07) is 35.7. The van der Waals surface area contributed by atoms with Gasteiger partial charge in [-0.3, -0.25) is 9.13 Å². The summed E-state index contributed by atoms with van der Waals surface area (Å²) in [5.74, 6) is -2.30. The molecule has 2 aliphatic rings. The normalized spacial score (nSPS) is 18.1. The zero-order valence-electron chi connectivity index (χ0n) is 37.3. The lowest BCUT2D eigenvalue weighted by Gasteiger charge is -2.39. The number of aromatic nitrogens is 4. The van der Waals surface area contributed by atoms with Crippen LogP contribution in [0.4, 0.5) is 26.3 Å². The molecule has 364 valence electrons. The van der Waals surface area contributed by atoms with Gasteiger partial charge in [-0.2, -0.15) is 26.3 Å². The maximum Gasteiger partial charge on any atom is 0.454 e. The minimum Gasteiger partial charge on any atom is -0.420 e. The summed E-state index contributed by atoms with van der Waals surface area (Å²) in [6.45, 7) is 3.58. The van der Waals surface area contributed by atoms with E-state index in [1.165, 1.54) is 109 Å². The van der Waals surface area contributed by atoms with Crippen molar-refractivity contribution < 1.29 is 62.2 Å². The SMILES string of the molecule is Cc1ccc(S(=O)(=O)n2cc([C@]3(C(F)(F)F)OC(=O)c4cccc5ccn3c45)c3ccccc32)cc1.Cc1ccc(S(=O)(=O)n2cc([C@]3(C(F)(F)F)OC(=O)c4cccc5ccn3c45)c3ccccc32)cc1. The van der Waals surface area contributed by atoms with Crippen LogP contribution in [0.1, 0.15) is 43.0 Å². The number of alkyl halides is 6. The van der Waals surface area contributed by atoms with Gasteiger partial charge in [0.1, 0.15) is 0 Å². The van der Waals surface area contributed by atoms with Gasteiger partial charge in [-0.05, 0) is 74.5 Å². The molecule has 0 N–H and O–H groups in total. The zero-order chi connectivity index (χ0) is 50.9. The molecule has 4 aromatic heterocycles. The van der Waals surface area contributed by atoms with Crippen molar-refractivity contribution in [2.45, 2.75) is 47.4 Å². The first-order chi connectivity index (χ1) is 34.1. The van der Waals surface area contributed by atoms with Crippen molar-refractivity contribution in [3.8, 4) is 0 Å². The van der Waals surface area contributed by atoms with Crippen LogP contribution in [0.25, 0.3) is 43.6 Å². The second kappa shape index (κ2) is 15.7. The Morgan fingerprint density at radius 1 is 0.458 bits per heavy atom. The van der Waals surface area contributed by atoms with Crippen molar-refractivity contribution in [1.82, 2.24) is 17.1 Å². The maximum absolute atomic E-state index is 15.1. The Morgan fingerprint density at radius 2 is 0.819 bits per heavy atom. The Kier molecular flexibility index (Phi) is 10.1. The summed E-state index contributed by atoms with van der Waals surface area (Å²) in [4.78, 5) is 25.7. The number of esters is 2. The Morgan fingerprint density at radius 3 is 1.18 bits per heavy atom. The smallest absolute Gasteiger partial charge is 0.420 e. The minimum absolute atomic E-state index is 0.00612. The Bertz CT molecular complexity index is 3870. The van der Waals surface area contributed by atoms with Crippen LogP contribution in [0.3, 0.4) is 0 Å². The average molecular weight is 1020 g/mol. The van der Waals surface area contributed by atoms with E-state index in [1.54, 1.807) is 62.4 Å². The van der Waals surface area contributed by atoms with Crippen LogP contribution < -0.4 is 0 Å². The Balaban J connectivity index is 0.000000156. The molecule has 0 saturated carbocycles. The summed E-state index contributed by atoms with van der Waals surface area (Å²) >= 11 is 0. The highest BCUT2D eigenvalue weighted by atomic mass is 32.2. The number of benzene rings is 6. The second-order valence-electron chi connectivity index (χ2n) is 17.3. The summed E-state index contributed by atoms with van der Waals surface area (Å²) in [7, 11) is -8.57. The molecule has 0 amide bonds. The van der Waals surface area contributed by atoms with Crippen LogP contribution in [-0.2, 0) is 41.0 Å². The van der Waals surface area contributed by atoms with Gasteiger partial charge in [0.25, 0.3) is 20.0 Å². The van der Waals surface area contributed by atoms with E-state index in [0.29, 0.717) is 10.8 Å². The number of carbonyl (C=O) groups excluding carboxylic acids is 2. The van der Waals surface area contributed by atoms with Gasteiger partial charge in [-0.15, -0.1) is 0 Å². The number of halogens is 6. The lowest BCUT2D eigenvalue weighted by Crippen LogP contribution is -2.53. The number of fused-ring (bicyclic) bond motifs is 2. The number of carbonyl (C=O) groups is 2. The fourth-order valence-corrected chi connectivity index (χ4v) is 12.4. The average Bonchev–Trinajstić information content (AvgIpc) is 4.16. The molecule has 20 heteroatoms. The van der Waals surface area contributed by atoms with Gasteiger partial charge in [0.05, 0.1) is 54.1 Å². The molecule has 0 bridgehead atoms. The first-order valence-electron chi connectivity index (χ1n) is 21.8. The lowest BCUT2D eigenvalue weighted by atomic mass is 9.98. The fraction of sp³-hybridized carbons (Fsp3) is 0.115. The van der Waals surface area contributed by atoms with Crippen molar-refractivity contribution in [3.05, 3.63) is 204 Å². The summed E-state index contributed by atoms with van der Waals surface area (Å²) in [5, 5.41) is 0.821. The predicted molar refractivity (Wildman–Crippen MR) is 252 cm³/mol. The van der Waals surface area contributed by atoms with Crippen molar-refractivity contribution in [2.24, 2.45) is 0 Å². The molecule has 12 nitrogen and oxygen atoms in total. The van der Waals surface area contributed by atoms with E-state index in [4.69, 9.17) is 9.47 Å². The van der Waals surface area contributed by atoms with Gasteiger partial charge in [0.15, 0.2) is 0 Å². The molecule has 0 radical (unpaired) electrons. The zero-order valence-corrected chi connectivity index (χ0v) is 38.9. The van der Waals surface area contributed by atoms with Gasteiger partial charge < -0.3 is 9.47 Å². The molecule has 0 saturated heterocycles. The topological polar surface area (TPSA) is 141 Å². The summed E-state index contributed by atoms with van der Waals surface area (Å²) < 4.78 is 159. The van der Waals surface area contributed by atoms with E-state index < -0.39 is 66.9 Å². The Labute approximate surface area is 404 Å². The molecule has 72 heavy (non-hydrogen) atoms. The van der Waals surface area contributed by atoms with Crippen LogP contribution in [0.2, 0.25) is 0 Å². The molecule has 6 aromatic carbocycles. The number of hydrogen-bond acceptors (Lipinski definition) is 8. The third kappa shape index (κ3) is 6.50. The van der Waals surface area contributed by atoms with Crippen molar-refractivity contribution >= 4 is 75.6 Å². The predicted octanol–water partition coefficient (Wildman–Crippen LogP) is 11.2. The van der Waals surface area contributed by atoms with E-state index in [0.717, 1.165) is 40.6 Å². The van der Waals surface area contributed by atoms with Gasteiger partial charge in [0.2, 0.25) is 0 Å². The highest BCUT2D eigenvalue weighted by molar-refractivity contribution is 7.90. The third-order valence-corrected chi connectivity index (χ3v) is 16.4. The van der Waals surface area contributed by atoms with Crippen LogP contribution in [0.15, 0.2) is 180 Å². The molecule has 0 fully saturated rings. The number of cyclic esters (lactones) is 2. The number of aryl methyl sites for hydroxylation is 2. The number of nitrogens with zero attached hydrogens (tertiary/aromatic N) is 4. The Hall–Kier alpha value is -8.10. The van der Waals surface area contributed by atoms with Crippen LogP contribution in [-0.4, -0.2) is 58.2 Å². The van der Waals surface area contributed by atoms with E-state index in [-0.39, 0.29) is 53.8 Å². The van der Waals surface area contributed by atoms with Gasteiger partial charge in [-0.1, -0.05) is 96.1 Å². The molecule has 0 unspecified atom stereocenters.